The van der Waals surface area contributed by atoms with Gasteiger partial charge in [-0.25, -0.2) is 8.42 Å². The van der Waals surface area contributed by atoms with Crippen LogP contribution in [0.15, 0.2) is 63.0 Å². The minimum absolute atomic E-state index is 0.0168. The number of sulfone groups is 1. The fourth-order valence-corrected chi connectivity index (χ4v) is 6.21. The topological polar surface area (TPSA) is 156 Å². The fourth-order valence-electron chi connectivity index (χ4n) is 3.10. The first-order chi connectivity index (χ1) is 16.9. The molecule has 2 heterocycles. The largest absolute Gasteiger partial charge is 0.493 e. The van der Waals surface area contributed by atoms with Gasteiger partial charge in [-0.1, -0.05) is 30.7 Å². The highest BCUT2D eigenvalue weighted by atomic mass is 32.3. The first-order valence-electron chi connectivity index (χ1n) is 10.4. The van der Waals surface area contributed by atoms with Crippen molar-refractivity contribution in [3.05, 3.63) is 59.2 Å². The molecule has 2 aliphatic heterocycles. The molecule has 4 rings (SSSR count). The van der Waals surface area contributed by atoms with E-state index in [1.54, 1.807) is 12.1 Å². The molecule has 1 amide bonds. The van der Waals surface area contributed by atoms with Gasteiger partial charge < -0.3 is 8.92 Å². The molecule has 0 unspecified atom stereocenters. The Morgan fingerprint density at radius 1 is 1.08 bits per heavy atom. The summed E-state index contributed by atoms with van der Waals surface area (Å²) in [5, 5.41) is 13.3. The normalized spacial score (nSPS) is 17.1. The van der Waals surface area contributed by atoms with Gasteiger partial charge in [-0.05, 0) is 54.6 Å². The Kier molecular flexibility index (Phi) is 6.77. The third-order valence-electron chi connectivity index (χ3n) is 5.09. The molecule has 0 aromatic heterocycles. The molecule has 2 aromatic rings. The third-order valence-corrected chi connectivity index (χ3v) is 9.43. The van der Waals surface area contributed by atoms with E-state index in [1.165, 1.54) is 50.4 Å². The molecule has 0 fully saturated rings. The summed E-state index contributed by atoms with van der Waals surface area (Å²) >= 11 is 0.710. The van der Waals surface area contributed by atoms with Crippen molar-refractivity contribution >= 4 is 59.1 Å². The predicted molar refractivity (Wildman–Crippen MR) is 136 cm³/mol. The molecule has 0 saturated heterocycles. The summed E-state index contributed by atoms with van der Waals surface area (Å²) in [5.41, 5.74) is 1.14. The van der Waals surface area contributed by atoms with E-state index < -0.39 is 25.9 Å². The number of nitrogens with one attached hydrogen (secondary N) is 1. The van der Waals surface area contributed by atoms with Crippen molar-refractivity contribution in [3.8, 4) is 11.5 Å². The molecule has 2 aliphatic rings. The molecule has 36 heavy (non-hydrogen) atoms. The van der Waals surface area contributed by atoms with E-state index in [4.69, 9.17) is 14.3 Å². The summed E-state index contributed by atoms with van der Waals surface area (Å²) in [6.07, 6.45) is 1.35. The van der Waals surface area contributed by atoms with Gasteiger partial charge in [0.1, 0.15) is 4.90 Å². The highest BCUT2D eigenvalue weighted by Crippen LogP contribution is 2.33. The van der Waals surface area contributed by atoms with Crippen molar-refractivity contribution in [2.45, 2.75) is 18.7 Å². The van der Waals surface area contributed by atoms with Crippen LogP contribution in [0.2, 0.25) is 0 Å². The van der Waals surface area contributed by atoms with E-state index in [9.17, 15) is 21.6 Å². The molecule has 0 atom stereocenters. The molecular formula is C22H20N4O7S3. The Bertz CT molecular complexity index is 1580. The number of carbonyl (C=O) groups excluding carboxylic acids is 1. The number of aryl methyl sites for hydroxylation is 1. The maximum absolute atomic E-state index is 12.7. The number of hydrogen-bond donors (Lipinski definition) is 1. The van der Waals surface area contributed by atoms with Crippen molar-refractivity contribution in [1.82, 2.24) is 5.01 Å². The average molecular weight is 549 g/mol. The number of hydrazone groups is 1. The number of hydrogen-bond acceptors (Lipinski definition) is 10. The first kappa shape index (κ1) is 25.6. The van der Waals surface area contributed by atoms with E-state index in [1.807, 2.05) is 6.92 Å². The number of ether oxygens (including phenoxy) is 1. The quantitative estimate of drug-likeness (QED) is 0.424. The zero-order valence-corrected chi connectivity index (χ0v) is 21.7. The standard InChI is InChI=1S/C22H20N4O7S3/c1-4-35(28,29)22-25-26-19(23)16(20(27)24-21(26)34-22)11-14-7-10-17(18(12-14)32-3)33-36(30,31)15-8-5-13(2)6-9-15/h5-12,23H,4H2,1-3H3/b16-11+,23-19?. The molecule has 0 bridgehead atoms. The summed E-state index contributed by atoms with van der Waals surface area (Å²) in [5.74, 6) is -1.27. The van der Waals surface area contributed by atoms with Gasteiger partial charge in [-0.2, -0.15) is 18.4 Å². The van der Waals surface area contributed by atoms with Gasteiger partial charge in [0.2, 0.25) is 19.4 Å². The number of carbonyl (C=O) groups is 1. The van der Waals surface area contributed by atoms with Crippen LogP contribution in [0.4, 0.5) is 0 Å². The summed E-state index contributed by atoms with van der Waals surface area (Å²) in [6.45, 7) is 3.30. The van der Waals surface area contributed by atoms with E-state index in [-0.39, 0.29) is 43.1 Å². The average Bonchev–Trinajstić information content (AvgIpc) is 3.27. The maximum atomic E-state index is 12.7. The van der Waals surface area contributed by atoms with E-state index in [0.29, 0.717) is 17.3 Å². The zero-order valence-electron chi connectivity index (χ0n) is 19.3. The van der Waals surface area contributed by atoms with E-state index in [0.717, 1.165) is 10.6 Å². The monoisotopic (exact) mass is 548 g/mol. The van der Waals surface area contributed by atoms with Crippen LogP contribution in [-0.4, -0.2) is 56.0 Å². The first-order valence-corrected chi connectivity index (χ1v) is 14.2. The van der Waals surface area contributed by atoms with Gasteiger partial charge in [0, 0.05) is 0 Å². The molecule has 14 heteroatoms. The van der Waals surface area contributed by atoms with Gasteiger partial charge in [0.25, 0.3) is 5.91 Å². The van der Waals surface area contributed by atoms with Crippen LogP contribution >= 0.6 is 11.8 Å². The number of benzene rings is 2. The zero-order chi connectivity index (χ0) is 26.3. The fraction of sp³-hybridized carbons (Fsp3) is 0.182. The van der Waals surface area contributed by atoms with Crippen LogP contribution in [0, 0.1) is 12.3 Å². The summed E-state index contributed by atoms with van der Waals surface area (Å²) in [4.78, 5) is 16.4. The molecule has 188 valence electrons. The second-order valence-corrected chi connectivity index (χ2v) is 12.5. The molecule has 0 aliphatic carbocycles. The molecule has 1 N–H and O–H groups in total. The number of thioether (sulfide) groups is 1. The Morgan fingerprint density at radius 3 is 2.42 bits per heavy atom. The maximum Gasteiger partial charge on any atom is 0.339 e. The summed E-state index contributed by atoms with van der Waals surface area (Å²) in [6, 6.07) is 10.4. The Balaban J connectivity index is 1.63. The number of aliphatic imine (C=N–C) groups is 1. The van der Waals surface area contributed by atoms with Crippen molar-refractivity contribution in [1.29, 1.82) is 5.41 Å². The number of amides is 1. The third kappa shape index (κ3) is 4.92. The van der Waals surface area contributed by atoms with Crippen LogP contribution in [0.25, 0.3) is 6.08 Å². The second-order valence-electron chi connectivity index (χ2n) is 7.55. The van der Waals surface area contributed by atoms with E-state index in [2.05, 4.69) is 10.1 Å². The lowest BCUT2D eigenvalue weighted by molar-refractivity contribution is -0.114. The van der Waals surface area contributed by atoms with Gasteiger partial charge in [0.15, 0.2) is 17.3 Å². The molecule has 11 nitrogen and oxygen atoms in total. The number of methoxy groups -OCH3 is 1. The molecule has 2 aromatic carbocycles. The van der Waals surface area contributed by atoms with Crippen molar-refractivity contribution in [3.63, 3.8) is 0 Å². The summed E-state index contributed by atoms with van der Waals surface area (Å²) in [7, 11) is -6.44. The summed E-state index contributed by atoms with van der Waals surface area (Å²) < 4.78 is 59.9. The minimum atomic E-state index is -4.12. The van der Waals surface area contributed by atoms with Crippen molar-refractivity contribution in [2.24, 2.45) is 10.1 Å². The number of fused-ring (bicyclic) bond motifs is 1. The SMILES string of the molecule is CCS(=O)(=O)C1=NN2C(=N)/C(=C\c3ccc(OS(=O)(=O)c4ccc(C)cc4)c(OC)c3)C(=O)N=C2S1. The van der Waals surface area contributed by atoms with E-state index >= 15 is 0 Å². The van der Waals surface area contributed by atoms with Crippen molar-refractivity contribution in [2.75, 3.05) is 12.9 Å². The van der Waals surface area contributed by atoms with Gasteiger partial charge >= 0.3 is 10.1 Å². The van der Waals surface area contributed by atoms with Crippen LogP contribution in [-0.2, 0) is 24.7 Å². The molecular weight excluding hydrogens is 528 g/mol. The molecule has 0 spiro atoms. The van der Waals surface area contributed by atoms with Gasteiger partial charge in [0.05, 0.1) is 18.4 Å². The van der Waals surface area contributed by atoms with Gasteiger partial charge in [-0.3, -0.25) is 10.2 Å². The van der Waals surface area contributed by atoms with Gasteiger partial charge in [-0.15, -0.1) is 5.10 Å². The Labute approximate surface area is 212 Å². The molecule has 0 radical (unpaired) electrons. The Morgan fingerprint density at radius 2 is 1.78 bits per heavy atom. The lowest BCUT2D eigenvalue weighted by Crippen LogP contribution is -2.35. The lowest BCUT2D eigenvalue weighted by Gasteiger charge is -2.20. The number of nitrogens with zero attached hydrogens (tertiary/aromatic N) is 3. The van der Waals surface area contributed by atoms with Crippen LogP contribution in [0.1, 0.15) is 18.1 Å². The van der Waals surface area contributed by atoms with Crippen LogP contribution in [0.3, 0.4) is 0 Å². The number of rotatable bonds is 6. The van der Waals surface area contributed by atoms with Crippen molar-refractivity contribution < 1.29 is 30.6 Å². The lowest BCUT2D eigenvalue weighted by atomic mass is 10.1. The second kappa shape index (κ2) is 9.52. The highest BCUT2D eigenvalue weighted by Gasteiger charge is 2.39. The minimum Gasteiger partial charge on any atom is -0.493 e. The van der Waals surface area contributed by atoms with Crippen LogP contribution < -0.4 is 8.92 Å². The molecule has 0 saturated carbocycles. The number of amidine groups is 2. The Hall–Kier alpha value is -3.49. The highest BCUT2D eigenvalue weighted by molar-refractivity contribution is 8.42. The smallest absolute Gasteiger partial charge is 0.339 e. The predicted octanol–water partition coefficient (Wildman–Crippen LogP) is 2.78. The van der Waals surface area contributed by atoms with Crippen LogP contribution in [0.5, 0.6) is 11.5 Å².